The highest BCUT2D eigenvalue weighted by atomic mass is 35.5. The first-order valence-corrected chi connectivity index (χ1v) is 19.8. The lowest BCUT2D eigenvalue weighted by atomic mass is 9.98. The molecule has 1 fully saturated rings. The zero-order chi connectivity index (χ0) is 40.0. The Morgan fingerprint density at radius 1 is 0.929 bits per heavy atom. The molecule has 1 saturated heterocycles. The van der Waals surface area contributed by atoms with Gasteiger partial charge < -0.3 is 29.1 Å². The van der Waals surface area contributed by atoms with E-state index in [-0.39, 0.29) is 23.9 Å². The highest BCUT2D eigenvalue weighted by Crippen LogP contribution is 2.43. The monoisotopic (exact) mass is 799 g/mol. The number of anilines is 1. The molecule has 2 amide bonds. The summed E-state index contributed by atoms with van der Waals surface area (Å²) in [5.74, 6) is 0.0546. The first-order valence-electron chi connectivity index (χ1n) is 19.0. The predicted molar refractivity (Wildman–Crippen MR) is 218 cm³/mol. The van der Waals surface area contributed by atoms with E-state index in [2.05, 4.69) is 4.57 Å². The summed E-state index contributed by atoms with van der Waals surface area (Å²) in [7, 11) is 1.92. The third kappa shape index (κ3) is 7.44. The largest absolute Gasteiger partial charge is 0.494 e. The van der Waals surface area contributed by atoms with Crippen molar-refractivity contribution < 1.29 is 24.2 Å². The quantitative estimate of drug-likeness (QED) is 0.145. The van der Waals surface area contributed by atoms with Gasteiger partial charge in [0.05, 0.1) is 40.6 Å². The molecule has 2 aromatic carbocycles. The van der Waals surface area contributed by atoms with Crippen molar-refractivity contribution in [1.29, 1.82) is 0 Å². The number of piperazine rings is 1. The normalized spacial score (nSPS) is 14.7. The van der Waals surface area contributed by atoms with Crippen LogP contribution in [0.3, 0.4) is 0 Å². The molecule has 0 radical (unpaired) electrons. The molecule has 7 rings (SSSR count). The summed E-state index contributed by atoms with van der Waals surface area (Å²) in [6.07, 6.45) is 1.88. The fourth-order valence-electron chi connectivity index (χ4n) is 8.22. The van der Waals surface area contributed by atoms with Gasteiger partial charge in [-0.05, 0) is 94.0 Å². The molecule has 56 heavy (non-hydrogen) atoms. The molecule has 3 aromatic heterocycles. The van der Waals surface area contributed by atoms with Gasteiger partial charge in [-0.3, -0.25) is 14.3 Å². The minimum atomic E-state index is -1.07. The Hall–Kier alpha value is -5.07. The summed E-state index contributed by atoms with van der Waals surface area (Å²) in [5.41, 5.74) is 8.53. The number of aromatic nitrogens is 4. The van der Waals surface area contributed by atoms with E-state index in [4.69, 9.17) is 38.0 Å². The van der Waals surface area contributed by atoms with E-state index < -0.39 is 5.97 Å². The zero-order valence-electron chi connectivity index (χ0n) is 32.7. The van der Waals surface area contributed by atoms with Gasteiger partial charge in [0.15, 0.2) is 0 Å². The number of hydrogen-bond donors (Lipinski definition) is 1. The summed E-state index contributed by atoms with van der Waals surface area (Å²) in [4.78, 5) is 49.7. The van der Waals surface area contributed by atoms with Crippen molar-refractivity contribution >= 4 is 57.7 Å². The number of fused-ring (bicyclic) bond motifs is 3. The van der Waals surface area contributed by atoms with Crippen LogP contribution < -0.4 is 9.64 Å². The number of amides is 2. The molecule has 0 atom stereocenters. The van der Waals surface area contributed by atoms with E-state index in [1.54, 1.807) is 28.9 Å². The van der Waals surface area contributed by atoms with Crippen LogP contribution in [0, 0.1) is 27.7 Å². The number of aromatic carboxylic acids is 1. The smallest absolute Gasteiger partial charge is 0.335 e. The number of carbonyl (C=O) groups excluding carboxylic acids is 2. The molecule has 5 aromatic rings. The van der Waals surface area contributed by atoms with Crippen molar-refractivity contribution in [2.45, 2.75) is 67.0 Å². The number of halogens is 2. The van der Waals surface area contributed by atoms with Gasteiger partial charge >= 0.3 is 5.97 Å². The Bertz CT molecular complexity index is 2350. The maximum Gasteiger partial charge on any atom is 0.335 e. The Labute approximate surface area is 336 Å². The second-order valence-corrected chi connectivity index (χ2v) is 15.7. The molecule has 294 valence electrons. The minimum Gasteiger partial charge on any atom is -0.494 e. The van der Waals surface area contributed by atoms with E-state index in [0.29, 0.717) is 87.4 Å². The number of carbonyl (C=O) groups is 3. The number of hydrogen-bond acceptors (Lipinski definition) is 7. The standard InChI is InChI=1S/C42H47Cl2N7O5/c1-24-19-31(20-25(2)38(24)44)56-18-7-9-32-33-10-11-34(43)37(36-26(3)46-47(6)27(36)4)39(33)51-13-8-12-50(41(53)40(32)51)23-30-21-29(42(54)55)22-35(45-30)49-16-14-48(15-17-49)28(5)52/h10-11,19-22H,7-9,12-18,23H2,1-6H3,(H,54,55). The Kier molecular flexibility index (Phi) is 11.1. The predicted octanol–water partition coefficient (Wildman–Crippen LogP) is 7.40. The van der Waals surface area contributed by atoms with Gasteiger partial charge in [-0.25, -0.2) is 9.78 Å². The molecule has 0 aliphatic carbocycles. The Balaban J connectivity index is 1.26. The highest BCUT2D eigenvalue weighted by Gasteiger charge is 2.32. The third-order valence-electron chi connectivity index (χ3n) is 11.1. The lowest BCUT2D eigenvalue weighted by Gasteiger charge is -2.35. The van der Waals surface area contributed by atoms with Crippen molar-refractivity contribution in [3.63, 3.8) is 0 Å². The third-order valence-corrected chi connectivity index (χ3v) is 12.0. The molecular formula is C42H47Cl2N7O5. The maximum absolute atomic E-state index is 15.0. The second kappa shape index (κ2) is 15.8. The summed E-state index contributed by atoms with van der Waals surface area (Å²) in [6.45, 7) is 13.2. The number of aryl methyl sites for hydroxylation is 6. The van der Waals surface area contributed by atoms with Crippen molar-refractivity contribution in [3.8, 4) is 16.9 Å². The summed E-state index contributed by atoms with van der Waals surface area (Å²) in [6, 6.07) is 10.9. The van der Waals surface area contributed by atoms with E-state index in [0.717, 1.165) is 60.9 Å². The van der Waals surface area contributed by atoms with Crippen LogP contribution in [-0.2, 0) is 31.4 Å². The summed E-state index contributed by atoms with van der Waals surface area (Å²) < 4.78 is 10.2. The zero-order valence-corrected chi connectivity index (χ0v) is 34.2. The topological polar surface area (TPSA) is 126 Å². The average Bonchev–Trinajstić information content (AvgIpc) is 3.54. The fraction of sp³-hybridized carbons (Fsp3) is 0.405. The molecule has 0 spiro atoms. The van der Waals surface area contributed by atoms with Gasteiger partial charge in [0.2, 0.25) is 5.91 Å². The van der Waals surface area contributed by atoms with Crippen LogP contribution in [0.15, 0.2) is 36.4 Å². The molecule has 0 bridgehead atoms. The molecule has 0 unspecified atom stereocenters. The molecule has 0 saturated carbocycles. The van der Waals surface area contributed by atoms with Gasteiger partial charge in [-0.2, -0.15) is 5.10 Å². The van der Waals surface area contributed by atoms with Crippen LogP contribution in [0.25, 0.3) is 22.0 Å². The highest BCUT2D eigenvalue weighted by molar-refractivity contribution is 6.35. The summed E-state index contributed by atoms with van der Waals surface area (Å²) >= 11 is 13.5. The van der Waals surface area contributed by atoms with Crippen LogP contribution in [0.2, 0.25) is 10.0 Å². The summed E-state index contributed by atoms with van der Waals surface area (Å²) in [5, 5.41) is 17.0. The van der Waals surface area contributed by atoms with E-state index in [1.165, 1.54) is 0 Å². The molecule has 12 nitrogen and oxygen atoms in total. The number of benzene rings is 2. The number of ether oxygens (including phenoxy) is 1. The van der Waals surface area contributed by atoms with Crippen molar-refractivity contribution in [1.82, 2.24) is 29.1 Å². The maximum atomic E-state index is 15.0. The molecule has 1 N–H and O–H groups in total. The van der Waals surface area contributed by atoms with Crippen LogP contribution in [0.1, 0.15) is 74.4 Å². The minimum absolute atomic E-state index is 0.00777. The lowest BCUT2D eigenvalue weighted by molar-refractivity contribution is -0.129. The lowest BCUT2D eigenvalue weighted by Crippen LogP contribution is -2.48. The number of rotatable bonds is 10. The van der Waals surface area contributed by atoms with Crippen LogP contribution in [-0.4, -0.2) is 91.4 Å². The van der Waals surface area contributed by atoms with Crippen molar-refractivity contribution in [2.75, 3.05) is 44.2 Å². The van der Waals surface area contributed by atoms with Crippen molar-refractivity contribution in [3.05, 3.63) is 91.5 Å². The van der Waals surface area contributed by atoms with E-state index in [9.17, 15) is 19.5 Å². The first kappa shape index (κ1) is 39.2. The Morgan fingerprint density at radius 3 is 2.29 bits per heavy atom. The van der Waals surface area contributed by atoms with Gasteiger partial charge in [0, 0.05) is 80.5 Å². The molecule has 2 aliphatic rings. The van der Waals surface area contributed by atoms with Gasteiger partial charge in [-0.15, -0.1) is 0 Å². The number of nitrogens with zero attached hydrogens (tertiary/aromatic N) is 7. The van der Waals surface area contributed by atoms with E-state index >= 15 is 0 Å². The molecule has 5 heterocycles. The van der Waals surface area contributed by atoms with E-state index in [1.807, 2.05) is 68.6 Å². The van der Waals surface area contributed by atoms with Crippen LogP contribution >= 0.6 is 23.2 Å². The number of carboxylic acids is 1. The average molecular weight is 801 g/mol. The van der Waals surface area contributed by atoms with Gasteiger partial charge in [0.25, 0.3) is 5.91 Å². The van der Waals surface area contributed by atoms with Crippen LogP contribution in [0.4, 0.5) is 5.82 Å². The second-order valence-electron chi connectivity index (χ2n) is 14.9. The SMILES string of the molecule is CC(=O)N1CCN(c2cc(C(=O)O)cc(CN3CCCn4c(c(CCCOc5cc(C)c(Cl)c(C)c5)c5ccc(Cl)c(-c6c(C)nn(C)c6C)c54)C3=O)n2)CC1. The Morgan fingerprint density at radius 2 is 1.64 bits per heavy atom. The number of carboxylic acid groups (broad SMARTS) is 1. The van der Waals surface area contributed by atoms with Gasteiger partial charge in [-0.1, -0.05) is 29.3 Å². The van der Waals surface area contributed by atoms with Crippen molar-refractivity contribution in [2.24, 2.45) is 7.05 Å². The fourth-order valence-corrected chi connectivity index (χ4v) is 8.58. The molecule has 14 heteroatoms. The first-order chi connectivity index (χ1) is 26.7. The van der Waals surface area contributed by atoms with Crippen LogP contribution in [0.5, 0.6) is 5.75 Å². The number of pyridine rings is 1. The molecular weight excluding hydrogens is 753 g/mol. The van der Waals surface area contributed by atoms with Gasteiger partial charge in [0.1, 0.15) is 17.3 Å². The molecule has 2 aliphatic heterocycles.